The summed E-state index contributed by atoms with van der Waals surface area (Å²) in [6.07, 6.45) is 9.23. The lowest BCUT2D eigenvalue weighted by Crippen LogP contribution is -2.24. The van der Waals surface area contributed by atoms with Crippen LogP contribution in [0.4, 0.5) is 5.00 Å². The number of aromatic nitrogens is 1. The van der Waals surface area contributed by atoms with Gasteiger partial charge in [-0.3, -0.25) is 9.59 Å². The normalized spacial score (nSPS) is 17.6. The van der Waals surface area contributed by atoms with Crippen molar-refractivity contribution in [3.8, 4) is 0 Å². The highest BCUT2D eigenvalue weighted by Gasteiger charge is 2.29. The Hall–Kier alpha value is -1.73. The second-order valence-electron chi connectivity index (χ2n) is 7.43. The SMILES string of the molecule is O=C(NCCc1nc(C2CCCCC2)cs1)c1ccc(NC(=O)C2CC2)s1. The summed E-state index contributed by atoms with van der Waals surface area (Å²) < 4.78 is 0. The Morgan fingerprint density at radius 3 is 2.70 bits per heavy atom. The lowest BCUT2D eigenvalue weighted by molar-refractivity contribution is -0.117. The molecule has 2 saturated carbocycles. The van der Waals surface area contributed by atoms with E-state index in [2.05, 4.69) is 16.0 Å². The molecule has 7 heteroatoms. The highest BCUT2D eigenvalue weighted by molar-refractivity contribution is 7.18. The van der Waals surface area contributed by atoms with Gasteiger partial charge >= 0.3 is 0 Å². The standard InChI is InChI=1S/C20H25N3O2S2/c24-19(14-6-7-14)23-18-9-8-16(27-18)20(25)21-11-10-17-22-15(12-26-17)13-4-2-1-3-5-13/h8-9,12-14H,1-7,10-11H2,(H,21,25)(H,23,24). The second-order valence-corrected chi connectivity index (χ2v) is 9.46. The fraction of sp³-hybridized carbons (Fsp3) is 0.550. The highest BCUT2D eigenvalue weighted by atomic mass is 32.1. The molecule has 144 valence electrons. The summed E-state index contributed by atoms with van der Waals surface area (Å²) >= 11 is 3.03. The molecule has 0 unspecified atom stereocenters. The van der Waals surface area contributed by atoms with Crippen LogP contribution in [-0.4, -0.2) is 23.3 Å². The first-order chi connectivity index (χ1) is 13.2. The topological polar surface area (TPSA) is 71.1 Å². The molecule has 2 aromatic heterocycles. The molecular weight excluding hydrogens is 378 g/mol. The molecule has 0 saturated heterocycles. The lowest BCUT2D eigenvalue weighted by Gasteiger charge is -2.19. The summed E-state index contributed by atoms with van der Waals surface area (Å²) in [6.45, 7) is 0.581. The van der Waals surface area contributed by atoms with Gasteiger partial charge in [0.1, 0.15) is 0 Å². The minimum atomic E-state index is -0.0871. The van der Waals surface area contributed by atoms with Gasteiger partial charge in [0.2, 0.25) is 5.91 Å². The summed E-state index contributed by atoms with van der Waals surface area (Å²) in [7, 11) is 0. The average molecular weight is 404 g/mol. The van der Waals surface area contributed by atoms with Gasteiger partial charge in [0.05, 0.1) is 20.6 Å². The molecule has 2 aromatic rings. The van der Waals surface area contributed by atoms with E-state index in [0.717, 1.165) is 29.3 Å². The third-order valence-electron chi connectivity index (χ3n) is 5.24. The van der Waals surface area contributed by atoms with Crippen molar-refractivity contribution in [2.24, 2.45) is 5.92 Å². The van der Waals surface area contributed by atoms with Crippen molar-refractivity contribution in [2.75, 3.05) is 11.9 Å². The van der Waals surface area contributed by atoms with E-state index in [1.165, 1.54) is 49.1 Å². The molecule has 0 spiro atoms. The van der Waals surface area contributed by atoms with Crippen LogP contribution in [0.3, 0.4) is 0 Å². The molecule has 0 radical (unpaired) electrons. The van der Waals surface area contributed by atoms with Gasteiger partial charge in [-0.2, -0.15) is 0 Å². The average Bonchev–Trinajstić information content (AvgIpc) is 3.26. The first-order valence-electron chi connectivity index (χ1n) is 9.82. The van der Waals surface area contributed by atoms with Gasteiger partial charge in [-0.15, -0.1) is 22.7 Å². The molecule has 2 aliphatic rings. The van der Waals surface area contributed by atoms with Gasteiger partial charge in [0.15, 0.2) is 0 Å². The number of nitrogens with zero attached hydrogens (tertiary/aromatic N) is 1. The molecule has 2 N–H and O–H groups in total. The predicted molar refractivity (Wildman–Crippen MR) is 110 cm³/mol. The van der Waals surface area contributed by atoms with Crippen molar-refractivity contribution in [1.82, 2.24) is 10.3 Å². The summed E-state index contributed by atoms with van der Waals surface area (Å²) in [5.41, 5.74) is 1.25. The van der Waals surface area contributed by atoms with E-state index in [1.807, 2.05) is 0 Å². The highest BCUT2D eigenvalue weighted by Crippen LogP contribution is 2.33. The number of carbonyl (C=O) groups is 2. The second kappa shape index (κ2) is 8.52. The number of amides is 2. The fourth-order valence-electron chi connectivity index (χ4n) is 3.49. The number of thiazole rings is 1. The Balaban J connectivity index is 1.23. The zero-order chi connectivity index (χ0) is 18.6. The Kier molecular flexibility index (Phi) is 5.88. The van der Waals surface area contributed by atoms with Crippen molar-refractivity contribution in [2.45, 2.75) is 57.3 Å². The van der Waals surface area contributed by atoms with E-state index in [1.54, 1.807) is 23.5 Å². The van der Waals surface area contributed by atoms with E-state index in [9.17, 15) is 9.59 Å². The van der Waals surface area contributed by atoms with E-state index in [-0.39, 0.29) is 17.7 Å². The van der Waals surface area contributed by atoms with E-state index < -0.39 is 0 Å². The van der Waals surface area contributed by atoms with Gasteiger partial charge in [0, 0.05) is 30.2 Å². The molecule has 0 atom stereocenters. The van der Waals surface area contributed by atoms with E-state index in [4.69, 9.17) is 4.98 Å². The molecule has 4 rings (SSSR count). The maximum absolute atomic E-state index is 12.3. The quantitative estimate of drug-likeness (QED) is 0.711. The van der Waals surface area contributed by atoms with Crippen LogP contribution < -0.4 is 10.6 Å². The van der Waals surface area contributed by atoms with Crippen LogP contribution in [0.15, 0.2) is 17.5 Å². The summed E-state index contributed by atoms with van der Waals surface area (Å²) in [4.78, 5) is 29.5. The predicted octanol–water partition coefficient (Wildman–Crippen LogP) is 4.57. The first kappa shape index (κ1) is 18.6. The summed E-state index contributed by atoms with van der Waals surface area (Å²) in [5.74, 6) is 0.784. The van der Waals surface area contributed by atoms with Gasteiger partial charge in [0.25, 0.3) is 5.91 Å². The van der Waals surface area contributed by atoms with Crippen molar-refractivity contribution >= 4 is 39.5 Å². The Morgan fingerprint density at radius 2 is 1.93 bits per heavy atom. The maximum atomic E-state index is 12.3. The number of anilines is 1. The Bertz CT molecular complexity index is 804. The number of nitrogens with one attached hydrogen (secondary N) is 2. The largest absolute Gasteiger partial charge is 0.351 e. The summed E-state index contributed by atoms with van der Waals surface area (Å²) in [6, 6.07) is 3.57. The monoisotopic (exact) mass is 403 g/mol. The van der Waals surface area contributed by atoms with Crippen LogP contribution in [0, 0.1) is 5.92 Å². The number of rotatable bonds is 7. The smallest absolute Gasteiger partial charge is 0.261 e. The number of carbonyl (C=O) groups excluding carboxylic acids is 2. The van der Waals surface area contributed by atoms with E-state index in [0.29, 0.717) is 17.3 Å². The third kappa shape index (κ3) is 4.96. The molecule has 27 heavy (non-hydrogen) atoms. The molecule has 0 aromatic carbocycles. The Morgan fingerprint density at radius 1 is 1.11 bits per heavy atom. The molecule has 5 nitrogen and oxygen atoms in total. The first-order valence-corrected chi connectivity index (χ1v) is 11.5. The van der Waals surface area contributed by atoms with Crippen molar-refractivity contribution in [3.05, 3.63) is 33.1 Å². The van der Waals surface area contributed by atoms with Crippen molar-refractivity contribution < 1.29 is 9.59 Å². The number of hydrogen-bond donors (Lipinski definition) is 2. The van der Waals surface area contributed by atoms with Crippen LogP contribution >= 0.6 is 22.7 Å². The number of hydrogen-bond acceptors (Lipinski definition) is 5. The van der Waals surface area contributed by atoms with Gasteiger partial charge in [-0.1, -0.05) is 19.3 Å². The summed E-state index contributed by atoms with van der Waals surface area (Å²) in [5, 5.41) is 9.89. The van der Waals surface area contributed by atoms with Gasteiger partial charge < -0.3 is 10.6 Å². The Labute approximate surface area is 167 Å². The van der Waals surface area contributed by atoms with Crippen LogP contribution in [0.1, 0.15) is 71.2 Å². The zero-order valence-corrected chi connectivity index (χ0v) is 17.0. The molecule has 2 amide bonds. The molecule has 2 heterocycles. The van der Waals surface area contributed by atoms with Crippen molar-refractivity contribution in [1.29, 1.82) is 0 Å². The van der Waals surface area contributed by atoms with Crippen LogP contribution in [-0.2, 0) is 11.2 Å². The minimum absolute atomic E-state index is 0.0707. The third-order valence-corrected chi connectivity index (χ3v) is 7.17. The molecule has 0 aliphatic heterocycles. The van der Waals surface area contributed by atoms with E-state index >= 15 is 0 Å². The minimum Gasteiger partial charge on any atom is -0.351 e. The molecule has 2 aliphatic carbocycles. The van der Waals surface area contributed by atoms with Crippen molar-refractivity contribution in [3.63, 3.8) is 0 Å². The van der Waals surface area contributed by atoms with Gasteiger partial charge in [-0.05, 0) is 37.8 Å². The maximum Gasteiger partial charge on any atom is 0.261 e. The molecule has 0 bridgehead atoms. The number of thiophene rings is 1. The van der Waals surface area contributed by atoms with Gasteiger partial charge in [-0.25, -0.2) is 4.98 Å². The fourth-order valence-corrected chi connectivity index (χ4v) is 5.20. The zero-order valence-electron chi connectivity index (χ0n) is 15.3. The molecular formula is C20H25N3O2S2. The van der Waals surface area contributed by atoms with Crippen LogP contribution in [0.5, 0.6) is 0 Å². The van der Waals surface area contributed by atoms with Crippen LogP contribution in [0.2, 0.25) is 0 Å². The lowest BCUT2D eigenvalue weighted by atomic mass is 9.87. The molecule has 2 fully saturated rings. The van der Waals surface area contributed by atoms with Crippen LogP contribution in [0.25, 0.3) is 0 Å².